The Bertz CT molecular complexity index is 1120. The van der Waals surface area contributed by atoms with E-state index in [1.807, 2.05) is 6.92 Å². The van der Waals surface area contributed by atoms with Crippen molar-refractivity contribution in [2.75, 3.05) is 5.32 Å². The highest BCUT2D eigenvalue weighted by atomic mass is 32.1. The number of halogens is 1. The van der Waals surface area contributed by atoms with Gasteiger partial charge in [-0.05, 0) is 92.4 Å². The second-order valence-corrected chi connectivity index (χ2v) is 11.4. The van der Waals surface area contributed by atoms with Gasteiger partial charge < -0.3 is 15.6 Å². The van der Waals surface area contributed by atoms with Gasteiger partial charge in [-0.1, -0.05) is 12.1 Å². The normalized spacial score (nSPS) is 31.7. The van der Waals surface area contributed by atoms with Crippen molar-refractivity contribution in [3.8, 4) is 5.75 Å². The van der Waals surface area contributed by atoms with Gasteiger partial charge in [0.1, 0.15) is 0 Å². The lowest BCUT2D eigenvalue weighted by molar-refractivity contribution is -0.116. The Balaban J connectivity index is 1.37. The van der Waals surface area contributed by atoms with E-state index < -0.39 is 5.82 Å². The lowest BCUT2D eigenvalue weighted by atomic mass is 9.54. The highest BCUT2D eigenvalue weighted by Gasteiger charge is 2.57. The number of thiazole rings is 1. The van der Waals surface area contributed by atoms with Crippen LogP contribution in [0.4, 0.5) is 9.52 Å². The molecule has 3 N–H and O–H groups in total. The van der Waals surface area contributed by atoms with Gasteiger partial charge in [-0.25, -0.2) is 9.37 Å². The molecule has 1 amide bonds. The summed E-state index contributed by atoms with van der Waals surface area (Å²) in [5, 5.41) is 26.9. The first kappa shape index (κ1) is 22.3. The first-order valence-electron chi connectivity index (χ1n) is 11.7. The highest BCUT2D eigenvalue weighted by Crippen LogP contribution is 2.62. The number of oxime groups is 1. The lowest BCUT2D eigenvalue weighted by Crippen LogP contribution is -2.44. The van der Waals surface area contributed by atoms with Crippen molar-refractivity contribution in [1.82, 2.24) is 4.98 Å². The predicted molar refractivity (Wildman–Crippen MR) is 125 cm³/mol. The Morgan fingerprint density at radius 1 is 1.39 bits per heavy atom. The third-order valence-electron chi connectivity index (χ3n) is 8.40. The maximum atomic E-state index is 14.2. The molecule has 33 heavy (non-hydrogen) atoms. The molecule has 0 bridgehead atoms. The summed E-state index contributed by atoms with van der Waals surface area (Å²) >= 11 is 1.46. The number of nitrogens with zero attached hydrogens (tertiary/aromatic N) is 2. The minimum atomic E-state index is -0.558. The molecule has 5 unspecified atom stereocenters. The molecule has 2 fully saturated rings. The second kappa shape index (κ2) is 8.38. The number of nitrogens with one attached hydrogen (secondary N) is 1. The summed E-state index contributed by atoms with van der Waals surface area (Å²) in [6.07, 6.45) is 7.11. The third kappa shape index (κ3) is 3.82. The predicted octanol–water partition coefficient (Wildman–Crippen LogP) is 5.63. The molecule has 2 aromatic rings. The van der Waals surface area contributed by atoms with Crippen molar-refractivity contribution in [3.63, 3.8) is 0 Å². The number of aromatic nitrogens is 1. The van der Waals surface area contributed by atoms with Gasteiger partial charge in [0.05, 0.1) is 5.71 Å². The fraction of sp³-hybridized carbons (Fsp3) is 0.560. The molecule has 3 aliphatic rings. The molecule has 176 valence electrons. The largest absolute Gasteiger partial charge is 0.505 e. The second-order valence-electron chi connectivity index (χ2n) is 10.2. The van der Waals surface area contributed by atoms with E-state index in [2.05, 4.69) is 22.4 Å². The van der Waals surface area contributed by atoms with E-state index in [-0.39, 0.29) is 34.8 Å². The van der Waals surface area contributed by atoms with E-state index in [4.69, 9.17) is 0 Å². The standard InChI is InChI=1S/C25H30FN3O3S/c1-13-12-27-24(33-13)28-22(31)6-4-15-10-21(29-32)25(2)8-7-16-17(23(15)25)5-3-14-9-20(30)19(26)11-18(14)16/h9,11-12,15-17,23,30,32H,3-8,10H2,1-2H3,(H,27,28,31)/b29-21+. The number of anilines is 1. The Morgan fingerprint density at radius 2 is 2.21 bits per heavy atom. The first-order chi connectivity index (χ1) is 15.8. The number of benzene rings is 1. The summed E-state index contributed by atoms with van der Waals surface area (Å²) in [7, 11) is 0. The summed E-state index contributed by atoms with van der Waals surface area (Å²) in [6, 6.07) is 3.12. The number of hydrogen-bond donors (Lipinski definition) is 3. The monoisotopic (exact) mass is 471 g/mol. The van der Waals surface area contributed by atoms with Gasteiger partial charge >= 0.3 is 0 Å². The molecule has 1 aromatic heterocycles. The zero-order valence-electron chi connectivity index (χ0n) is 19.0. The van der Waals surface area contributed by atoms with Crippen molar-refractivity contribution in [1.29, 1.82) is 0 Å². The SMILES string of the molecule is Cc1cnc(NC(=O)CCC2C/C(=N\O)C3(C)CCC4c5cc(F)c(O)cc5CCC4C23)s1. The third-order valence-corrected chi connectivity index (χ3v) is 9.23. The number of rotatable bonds is 4. The van der Waals surface area contributed by atoms with Crippen LogP contribution >= 0.6 is 11.3 Å². The molecule has 0 radical (unpaired) electrons. The molecule has 5 atom stereocenters. The van der Waals surface area contributed by atoms with Gasteiger partial charge in [0, 0.05) is 22.9 Å². The van der Waals surface area contributed by atoms with Crippen molar-refractivity contribution in [2.24, 2.45) is 28.3 Å². The first-order valence-corrected chi connectivity index (χ1v) is 12.6. The van der Waals surface area contributed by atoms with Gasteiger partial charge in [0.25, 0.3) is 0 Å². The van der Waals surface area contributed by atoms with Crippen LogP contribution in [0.2, 0.25) is 0 Å². The Morgan fingerprint density at radius 3 is 2.94 bits per heavy atom. The van der Waals surface area contributed by atoms with Gasteiger partial charge in [-0.3, -0.25) is 4.79 Å². The minimum Gasteiger partial charge on any atom is -0.505 e. The number of fused-ring (bicyclic) bond motifs is 5. The molecule has 6 nitrogen and oxygen atoms in total. The molecule has 1 heterocycles. The van der Waals surface area contributed by atoms with Crippen LogP contribution in [0, 0.1) is 35.9 Å². The van der Waals surface area contributed by atoms with Crippen LogP contribution in [0.5, 0.6) is 5.75 Å². The van der Waals surface area contributed by atoms with Crippen molar-refractivity contribution in [3.05, 3.63) is 40.2 Å². The molecule has 0 saturated heterocycles. The average Bonchev–Trinajstić information content (AvgIpc) is 3.32. The van der Waals surface area contributed by atoms with Crippen LogP contribution in [0.3, 0.4) is 0 Å². The number of hydrogen-bond acceptors (Lipinski definition) is 6. The number of phenolic OH excluding ortho intramolecular Hbond substituents is 1. The zero-order valence-corrected chi connectivity index (χ0v) is 19.8. The fourth-order valence-electron chi connectivity index (χ4n) is 6.99. The molecule has 8 heteroatoms. The summed E-state index contributed by atoms with van der Waals surface area (Å²) in [4.78, 5) is 17.9. The van der Waals surface area contributed by atoms with E-state index >= 15 is 0 Å². The van der Waals surface area contributed by atoms with Crippen LogP contribution in [0.25, 0.3) is 0 Å². The van der Waals surface area contributed by atoms with Gasteiger partial charge in [-0.15, -0.1) is 11.3 Å². The Hall–Kier alpha value is -2.48. The Kier molecular flexibility index (Phi) is 5.67. The van der Waals surface area contributed by atoms with Gasteiger partial charge in [-0.2, -0.15) is 0 Å². The highest BCUT2D eigenvalue weighted by molar-refractivity contribution is 7.15. The number of phenols is 1. The smallest absolute Gasteiger partial charge is 0.226 e. The number of carbonyl (C=O) groups excluding carboxylic acids is 1. The van der Waals surface area contributed by atoms with Gasteiger partial charge in [0.15, 0.2) is 16.7 Å². The van der Waals surface area contributed by atoms with E-state index in [0.717, 1.165) is 53.8 Å². The molecule has 5 rings (SSSR count). The van der Waals surface area contributed by atoms with Gasteiger partial charge in [0.2, 0.25) is 5.91 Å². The number of aryl methyl sites for hydroxylation is 2. The van der Waals surface area contributed by atoms with Crippen LogP contribution in [0.1, 0.15) is 67.4 Å². The van der Waals surface area contributed by atoms with Crippen LogP contribution < -0.4 is 5.32 Å². The number of amides is 1. The topological polar surface area (TPSA) is 94.8 Å². The van der Waals surface area contributed by atoms with E-state index in [1.165, 1.54) is 17.4 Å². The molecule has 2 saturated carbocycles. The minimum absolute atomic E-state index is 0.0423. The molecular weight excluding hydrogens is 441 g/mol. The maximum absolute atomic E-state index is 14.2. The molecule has 3 aliphatic carbocycles. The summed E-state index contributed by atoms with van der Waals surface area (Å²) in [5.74, 6) is 0.214. The van der Waals surface area contributed by atoms with Crippen LogP contribution in [-0.2, 0) is 11.2 Å². The quantitative estimate of drug-likeness (QED) is 0.398. The average molecular weight is 472 g/mol. The van der Waals surface area contributed by atoms with E-state index in [0.29, 0.717) is 23.9 Å². The number of carbonyl (C=O) groups is 1. The van der Waals surface area contributed by atoms with E-state index in [1.54, 1.807) is 12.3 Å². The van der Waals surface area contributed by atoms with Crippen molar-refractivity contribution < 1.29 is 19.5 Å². The Labute approximate surface area is 196 Å². The maximum Gasteiger partial charge on any atom is 0.226 e. The molecule has 1 aromatic carbocycles. The zero-order chi connectivity index (χ0) is 23.3. The molecule has 0 aliphatic heterocycles. The van der Waals surface area contributed by atoms with Crippen LogP contribution in [-0.4, -0.2) is 26.9 Å². The lowest BCUT2D eigenvalue weighted by Gasteiger charge is -2.50. The fourth-order valence-corrected chi connectivity index (χ4v) is 7.67. The summed E-state index contributed by atoms with van der Waals surface area (Å²) in [5.41, 5.74) is 2.71. The molecule has 0 spiro atoms. The number of aromatic hydroxyl groups is 1. The van der Waals surface area contributed by atoms with Crippen LogP contribution in [0.15, 0.2) is 23.5 Å². The van der Waals surface area contributed by atoms with Crippen molar-refractivity contribution in [2.45, 2.75) is 64.7 Å². The summed E-state index contributed by atoms with van der Waals surface area (Å²) in [6.45, 7) is 4.16. The van der Waals surface area contributed by atoms with Crippen molar-refractivity contribution >= 4 is 28.1 Å². The van der Waals surface area contributed by atoms with E-state index in [9.17, 15) is 19.5 Å². The molecular formula is C25H30FN3O3S. The summed E-state index contributed by atoms with van der Waals surface area (Å²) < 4.78 is 14.2.